The average molecular weight is 500 g/mol. The van der Waals surface area contributed by atoms with E-state index in [1.807, 2.05) is 0 Å². The van der Waals surface area contributed by atoms with E-state index >= 15 is 0 Å². The quantitative estimate of drug-likeness (QED) is 0.376. The molecule has 0 spiro atoms. The number of hydrogen-bond donors (Lipinski definition) is 3. The van der Waals surface area contributed by atoms with E-state index in [-0.39, 0.29) is 18.9 Å². The standard InChI is InChI=1S/C25H26FN3O5S/c1-2-27-24(30)17-34-20-14-12-19(13-15-20)28-25(31)22(16-18-8-4-3-5-9-18)29-35(32,33)23-11-7-6-10-21(23)26/h3-15,22,29H,2,16-17H2,1H3,(H,27,30)(H,28,31)/t22-/m0/s1. The first-order valence-corrected chi connectivity index (χ1v) is 12.4. The van der Waals surface area contributed by atoms with Crippen molar-refractivity contribution in [2.24, 2.45) is 0 Å². The molecular weight excluding hydrogens is 473 g/mol. The highest BCUT2D eigenvalue weighted by molar-refractivity contribution is 7.89. The van der Waals surface area contributed by atoms with Gasteiger partial charge in [0.05, 0.1) is 0 Å². The summed E-state index contributed by atoms with van der Waals surface area (Å²) in [5.74, 6) is -1.36. The molecule has 0 bridgehead atoms. The molecular formula is C25H26FN3O5S. The van der Waals surface area contributed by atoms with E-state index < -0.39 is 32.7 Å². The maximum atomic E-state index is 14.1. The minimum absolute atomic E-state index is 0.0497. The molecule has 0 heterocycles. The summed E-state index contributed by atoms with van der Waals surface area (Å²) in [4.78, 5) is 24.0. The van der Waals surface area contributed by atoms with Gasteiger partial charge in [-0.2, -0.15) is 4.72 Å². The smallest absolute Gasteiger partial charge is 0.257 e. The van der Waals surface area contributed by atoms with Gasteiger partial charge in [-0.25, -0.2) is 12.8 Å². The Morgan fingerprint density at radius 3 is 2.26 bits per heavy atom. The van der Waals surface area contributed by atoms with Crippen molar-refractivity contribution >= 4 is 27.5 Å². The number of rotatable bonds is 11. The van der Waals surface area contributed by atoms with Gasteiger partial charge < -0.3 is 15.4 Å². The fourth-order valence-corrected chi connectivity index (χ4v) is 4.49. The maximum absolute atomic E-state index is 14.1. The fourth-order valence-electron chi connectivity index (χ4n) is 3.21. The van der Waals surface area contributed by atoms with Crippen LogP contribution < -0.4 is 20.1 Å². The largest absolute Gasteiger partial charge is 0.484 e. The Morgan fingerprint density at radius 2 is 1.60 bits per heavy atom. The number of carbonyl (C=O) groups excluding carboxylic acids is 2. The third-order valence-corrected chi connectivity index (χ3v) is 6.39. The van der Waals surface area contributed by atoms with Crippen LogP contribution in [0.15, 0.2) is 83.8 Å². The molecule has 0 aliphatic carbocycles. The lowest BCUT2D eigenvalue weighted by atomic mass is 10.1. The van der Waals surface area contributed by atoms with E-state index in [0.29, 0.717) is 18.0 Å². The first kappa shape index (κ1) is 25.9. The first-order valence-electron chi connectivity index (χ1n) is 10.9. The molecule has 10 heteroatoms. The van der Waals surface area contributed by atoms with E-state index in [0.717, 1.165) is 17.7 Å². The number of sulfonamides is 1. The topological polar surface area (TPSA) is 114 Å². The summed E-state index contributed by atoms with van der Waals surface area (Å²) in [5.41, 5.74) is 1.11. The summed E-state index contributed by atoms with van der Waals surface area (Å²) >= 11 is 0. The number of likely N-dealkylation sites (N-methyl/N-ethyl adjacent to an activating group) is 1. The second-order valence-corrected chi connectivity index (χ2v) is 9.23. The maximum Gasteiger partial charge on any atom is 0.257 e. The van der Waals surface area contributed by atoms with E-state index in [4.69, 9.17) is 4.74 Å². The zero-order chi connectivity index (χ0) is 25.3. The lowest BCUT2D eigenvalue weighted by Gasteiger charge is -2.19. The molecule has 0 saturated heterocycles. The molecule has 0 aliphatic heterocycles. The molecule has 1 atom stereocenters. The Hall–Kier alpha value is -3.76. The zero-order valence-electron chi connectivity index (χ0n) is 19.0. The van der Waals surface area contributed by atoms with Crippen molar-refractivity contribution in [2.45, 2.75) is 24.3 Å². The van der Waals surface area contributed by atoms with Crippen molar-refractivity contribution in [1.29, 1.82) is 0 Å². The molecule has 0 fully saturated rings. The Balaban J connectivity index is 1.74. The van der Waals surface area contributed by atoms with Gasteiger partial charge in [-0.1, -0.05) is 42.5 Å². The summed E-state index contributed by atoms with van der Waals surface area (Å²) in [5, 5.41) is 5.29. The van der Waals surface area contributed by atoms with Crippen LogP contribution in [0.3, 0.4) is 0 Å². The van der Waals surface area contributed by atoms with E-state index in [1.54, 1.807) is 61.5 Å². The predicted molar refractivity (Wildman–Crippen MR) is 130 cm³/mol. The van der Waals surface area contributed by atoms with E-state index in [9.17, 15) is 22.4 Å². The van der Waals surface area contributed by atoms with Crippen molar-refractivity contribution in [3.05, 3.63) is 90.2 Å². The molecule has 3 N–H and O–H groups in total. The van der Waals surface area contributed by atoms with E-state index in [1.165, 1.54) is 12.1 Å². The van der Waals surface area contributed by atoms with Gasteiger partial charge in [0.15, 0.2) is 6.61 Å². The first-order chi connectivity index (χ1) is 16.8. The van der Waals surface area contributed by atoms with Crippen LogP contribution in [-0.4, -0.2) is 39.4 Å². The molecule has 0 aliphatic rings. The van der Waals surface area contributed by atoms with Gasteiger partial charge in [0.2, 0.25) is 15.9 Å². The van der Waals surface area contributed by atoms with Crippen LogP contribution in [-0.2, 0) is 26.0 Å². The molecule has 2 amide bonds. The predicted octanol–water partition coefficient (Wildman–Crippen LogP) is 2.87. The molecule has 0 radical (unpaired) electrons. The molecule has 8 nitrogen and oxygen atoms in total. The summed E-state index contributed by atoms with van der Waals surface area (Å²) < 4.78 is 47.6. The van der Waals surface area contributed by atoms with Gasteiger partial charge >= 0.3 is 0 Å². The highest BCUT2D eigenvalue weighted by atomic mass is 32.2. The molecule has 3 rings (SSSR count). The van der Waals surface area contributed by atoms with Crippen LogP contribution in [0.2, 0.25) is 0 Å². The fraction of sp³-hybridized carbons (Fsp3) is 0.200. The summed E-state index contributed by atoms with van der Waals surface area (Å²) in [6, 6.07) is 18.9. The number of carbonyl (C=O) groups is 2. The van der Waals surface area contributed by atoms with Crippen molar-refractivity contribution in [3.63, 3.8) is 0 Å². The Bertz CT molecular complexity index is 1250. The van der Waals surface area contributed by atoms with Crippen LogP contribution in [0.25, 0.3) is 0 Å². The lowest BCUT2D eigenvalue weighted by Crippen LogP contribution is -2.45. The summed E-state index contributed by atoms with van der Waals surface area (Å²) in [6.07, 6.45) is 0.0497. The molecule has 184 valence electrons. The Kier molecular flexibility index (Phi) is 8.93. The molecule has 3 aromatic carbocycles. The van der Waals surface area contributed by atoms with Crippen LogP contribution in [0.1, 0.15) is 12.5 Å². The Labute approximate surface area is 203 Å². The number of ether oxygens (including phenoxy) is 1. The van der Waals surface area contributed by atoms with Crippen molar-refractivity contribution in [3.8, 4) is 5.75 Å². The molecule has 0 aromatic heterocycles. The van der Waals surface area contributed by atoms with Crippen molar-refractivity contribution in [1.82, 2.24) is 10.0 Å². The number of anilines is 1. The van der Waals surface area contributed by atoms with Crippen LogP contribution in [0.5, 0.6) is 5.75 Å². The van der Waals surface area contributed by atoms with Crippen LogP contribution >= 0.6 is 0 Å². The molecule has 0 unspecified atom stereocenters. The average Bonchev–Trinajstić information content (AvgIpc) is 2.84. The van der Waals surface area contributed by atoms with Crippen LogP contribution in [0, 0.1) is 5.82 Å². The van der Waals surface area contributed by atoms with Gasteiger partial charge in [0.25, 0.3) is 5.91 Å². The van der Waals surface area contributed by atoms with Gasteiger partial charge in [-0.15, -0.1) is 0 Å². The second kappa shape index (κ2) is 12.1. The monoisotopic (exact) mass is 499 g/mol. The summed E-state index contributed by atoms with van der Waals surface area (Å²) in [6.45, 7) is 2.16. The second-order valence-electron chi connectivity index (χ2n) is 7.55. The summed E-state index contributed by atoms with van der Waals surface area (Å²) in [7, 11) is -4.32. The number of nitrogens with one attached hydrogen (secondary N) is 3. The number of benzene rings is 3. The number of amides is 2. The highest BCUT2D eigenvalue weighted by Crippen LogP contribution is 2.18. The van der Waals surface area contributed by atoms with Gasteiger partial charge in [0, 0.05) is 12.2 Å². The van der Waals surface area contributed by atoms with Crippen molar-refractivity contribution in [2.75, 3.05) is 18.5 Å². The third kappa shape index (κ3) is 7.62. The highest BCUT2D eigenvalue weighted by Gasteiger charge is 2.28. The van der Waals surface area contributed by atoms with Crippen molar-refractivity contribution < 1.29 is 27.1 Å². The van der Waals surface area contributed by atoms with Gasteiger partial charge in [0.1, 0.15) is 22.5 Å². The SMILES string of the molecule is CCNC(=O)COc1ccc(NC(=O)[C@H](Cc2ccccc2)NS(=O)(=O)c2ccccc2F)cc1. The normalized spacial score (nSPS) is 11.9. The Morgan fingerprint density at radius 1 is 0.943 bits per heavy atom. The lowest BCUT2D eigenvalue weighted by molar-refractivity contribution is -0.123. The minimum atomic E-state index is -4.32. The van der Waals surface area contributed by atoms with Crippen LogP contribution in [0.4, 0.5) is 10.1 Å². The van der Waals surface area contributed by atoms with Gasteiger partial charge in [-0.05, 0) is 55.3 Å². The minimum Gasteiger partial charge on any atom is -0.484 e. The molecule has 3 aromatic rings. The molecule has 35 heavy (non-hydrogen) atoms. The number of halogens is 1. The van der Waals surface area contributed by atoms with Gasteiger partial charge in [-0.3, -0.25) is 9.59 Å². The number of hydrogen-bond acceptors (Lipinski definition) is 5. The third-order valence-electron chi connectivity index (χ3n) is 4.89. The molecule has 0 saturated carbocycles. The zero-order valence-corrected chi connectivity index (χ0v) is 19.8. The van der Waals surface area contributed by atoms with E-state index in [2.05, 4.69) is 15.4 Å².